The maximum Gasteiger partial charge on any atom is 0.253 e. The molecule has 140 valence electrons. The van der Waals surface area contributed by atoms with Crippen molar-refractivity contribution in [2.24, 2.45) is 11.8 Å². The number of hydrogen-bond donors (Lipinski definition) is 2. The first-order chi connectivity index (χ1) is 13.0. The zero-order valence-corrected chi connectivity index (χ0v) is 15.3. The lowest BCUT2D eigenvalue weighted by atomic mass is 9.88. The smallest absolute Gasteiger partial charge is 0.253 e. The SMILES string of the molecule is C[C@@H]1C[C@@H]1C(=O)Nc1ccc(F)cc1C(=O)N[C@@H]1CCc2ccccc2C1. The monoisotopic (exact) mass is 366 g/mol. The lowest BCUT2D eigenvalue weighted by Gasteiger charge is -2.26. The van der Waals surface area contributed by atoms with Crippen molar-refractivity contribution in [3.63, 3.8) is 0 Å². The predicted molar refractivity (Wildman–Crippen MR) is 102 cm³/mol. The Balaban J connectivity index is 1.48. The van der Waals surface area contributed by atoms with E-state index < -0.39 is 5.82 Å². The Hall–Kier alpha value is -2.69. The average molecular weight is 366 g/mol. The molecule has 2 aromatic rings. The van der Waals surface area contributed by atoms with Crippen LogP contribution in [0.4, 0.5) is 10.1 Å². The second-order valence-corrected chi connectivity index (χ2v) is 7.68. The summed E-state index contributed by atoms with van der Waals surface area (Å²) in [6.45, 7) is 2.02. The molecular formula is C22H23FN2O2. The van der Waals surface area contributed by atoms with Gasteiger partial charge in [0.05, 0.1) is 11.3 Å². The Morgan fingerprint density at radius 2 is 1.85 bits per heavy atom. The molecule has 5 heteroatoms. The van der Waals surface area contributed by atoms with Gasteiger partial charge in [-0.05, 0) is 60.9 Å². The zero-order valence-electron chi connectivity index (χ0n) is 15.3. The highest BCUT2D eigenvalue weighted by Crippen LogP contribution is 2.38. The van der Waals surface area contributed by atoms with Crippen LogP contribution in [0.3, 0.4) is 0 Å². The van der Waals surface area contributed by atoms with Crippen LogP contribution in [0, 0.1) is 17.7 Å². The summed E-state index contributed by atoms with van der Waals surface area (Å²) in [5.41, 5.74) is 3.11. The van der Waals surface area contributed by atoms with E-state index in [0.717, 1.165) is 25.7 Å². The van der Waals surface area contributed by atoms with Gasteiger partial charge in [-0.3, -0.25) is 9.59 Å². The van der Waals surface area contributed by atoms with Gasteiger partial charge in [0.15, 0.2) is 0 Å². The van der Waals surface area contributed by atoms with E-state index in [1.807, 2.05) is 19.1 Å². The van der Waals surface area contributed by atoms with Crippen LogP contribution in [0.2, 0.25) is 0 Å². The lowest BCUT2D eigenvalue weighted by Crippen LogP contribution is -2.39. The van der Waals surface area contributed by atoms with Gasteiger partial charge in [0.25, 0.3) is 5.91 Å². The van der Waals surface area contributed by atoms with Crippen LogP contribution in [0.15, 0.2) is 42.5 Å². The number of amides is 2. The van der Waals surface area contributed by atoms with Crippen molar-refractivity contribution >= 4 is 17.5 Å². The highest BCUT2D eigenvalue weighted by Gasteiger charge is 2.39. The molecule has 4 nitrogen and oxygen atoms in total. The van der Waals surface area contributed by atoms with Crippen molar-refractivity contribution in [2.75, 3.05) is 5.32 Å². The molecule has 0 saturated heterocycles. The number of anilines is 1. The standard InChI is InChI=1S/C22H23FN2O2/c1-13-10-18(13)21(26)25-20-9-7-16(23)12-19(20)22(27)24-17-8-6-14-4-2-3-5-15(14)11-17/h2-5,7,9,12-13,17-18H,6,8,10-11H2,1H3,(H,24,27)(H,25,26)/t13-,17-,18+/m1/s1. The van der Waals surface area contributed by atoms with Crippen LogP contribution in [0.1, 0.15) is 41.3 Å². The summed E-state index contributed by atoms with van der Waals surface area (Å²) >= 11 is 0. The van der Waals surface area contributed by atoms with E-state index in [4.69, 9.17) is 0 Å². The van der Waals surface area contributed by atoms with E-state index in [-0.39, 0.29) is 29.3 Å². The number of rotatable bonds is 4. The molecule has 0 aromatic heterocycles. The molecule has 4 rings (SSSR count). The molecule has 0 unspecified atom stereocenters. The molecule has 2 amide bonds. The van der Waals surface area contributed by atoms with E-state index in [1.54, 1.807) is 0 Å². The predicted octanol–water partition coefficient (Wildman–Crippen LogP) is 3.71. The van der Waals surface area contributed by atoms with Gasteiger partial charge in [0, 0.05) is 12.0 Å². The summed E-state index contributed by atoms with van der Waals surface area (Å²) in [4.78, 5) is 25.0. The molecule has 2 N–H and O–H groups in total. The van der Waals surface area contributed by atoms with Crippen LogP contribution >= 0.6 is 0 Å². The summed E-state index contributed by atoms with van der Waals surface area (Å²) in [6.07, 6.45) is 3.38. The molecule has 0 spiro atoms. The first kappa shape index (κ1) is 17.7. The molecule has 3 atom stereocenters. The van der Waals surface area contributed by atoms with Gasteiger partial charge >= 0.3 is 0 Å². The fraction of sp³-hybridized carbons (Fsp3) is 0.364. The lowest BCUT2D eigenvalue weighted by molar-refractivity contribution is -0.117. The molecule has 1 saturated carbocycles. The Bertz CT molecular complexity index is 896. The van der Waals surface area contributed by atoms with Crippen LogP contribution in [0.25, 0.3) is 0 Å². The van der Waals surface area contributed by atoms with Crippen molar-refractivity contribution in [3.05, 3.63) is 65.0 Å². The van der Waals surface area contributed by atoms with E-state index in [9.17, 15) is 14.0 Å². The van der Waals surface area contributed by atoms with Gasteiger partial charge in [-0.2, -0.15) is 0 Å². The summed E-state index contributed by atoms with van der Waals surface area (Å²) in [6, 6.07) is 12.2. The Morgan fingerprint density at radius 1 is 1.11 bits per heavy atom. The number of fused-ring (bicyclic) bond motifs is 1. The highest BCUT2D eigenvalue weighted by atomic mass is 19.1. The molecule has 0 radical (unpaired) electrons. The summed E-state index contributed by atoms with van der Waals surface area (Å²) in [5, 5.41) is 5.81. The van der Waals surface area contributed by atoms with Crippen LogP contribution in [-0.4, -0.2) is 17.9 Å². The Kier molecular flexibility index (Phi) is 4.68. The minimum absolute atomic E-state index is 0.00248. The van der Waals surface area contributed by atoms with E-state index in [2.05, 4.69) is 22.8 Å². The van der Waals surface area contributed by atoms with Gasteiger partial charge in [-0.15, -0.1) is 0 Å². The molecule has 0 aliphatic heterocycles. The third kappa shape index (κ3) is 3.87. The molecule has 0 heterocycles. The third-order valence-corrected chi connectivity index (χ3v) is 5.61. The quantitative estimate of drug-likeness (QED) is 0.867. The van der Waals surface area contributed by atoms with Gasteiger partial charge in [0.2, 0.25) is 5.91 Å². The van der Waals surface area contributed by atoms with Crippen LogP contribution in [0.5, 0.6) is 0 Å². The Morgan fingerprint density at radius 3 is 2.59 bits per heavy atom. The van der Waals surface area contributed by atoms with E-state index >= 15 is 0 Å². The number of carbonyl (C=O) groups excluding carboxylic acids is 2. The van der Waals surface area contributed by atoms with Crippen LogP contribution in [-0.2, 0) is 17.6 Å². The molecule has 2 aromatic carbocycles. The van der Waals surface area contributed by atoms with Gasteiger partial charge in [-0.25, -0.2) is 4.39 Å². The maximum absolute atomic E-state index is 13.8. The zero-order chi connectivity index (χ0) is 19.0. The van der Waals surface area contributed by atoms with E-state index in [1.165, 1.54) is 29.3 Å². The number of aryl methyl sites for hydroxylation is 1. The number of nitrogens with one attached hydrogen (secondary N) is 2. The van der Waals surface area contributed by atoms with Crippen molar-refractivity contribution < 1.29 is 14.0 Å². The largest absolute Gasteiger partial charge is 0.349 e. The van der Waals surface area contributed by atoms with Gasteiger partial charge in [0.1, 0.15) is 5.82 Å². The molecule has 2 aliphatic carbocycles. The normalized spacial score (nSPS) is 23.3. The summed E-state index contributed by atoms with van der Waals surface area (Å²) < 4.78 is 13.8. The number of hydrogen-bond acceptors (Lipinski definition) is 2. The number of halogens is 1. The van der Waals surface area contributed by atoms with E-state index in [0.29, 0.717) is 11.6 Å². The summed E-state index contributed by atoms with van der Waals surface area (Å²) in [7, 11) is 0. The van der Waals surface area contributed by atoms with Gasteiger partial charge < -0.3 is 10.6 Å². The minimum atomic E-state index is -0.494. The molecule has 2 aliphatic rings. The summed E-state index contributed by atoms with van der Waals surface area (Å²) in [5.74, 6) is -0.592. The second kappa shape index (κ2) is 7.14. The fourth-order valence-corrected chi connectivity index (χ4v) is 3.81. The highest BCUT2D eigenvalue weighted by molar-refractivity contribution is 6.04. The first-order valence-corrected chi connectivity index (χ1v) is 9.49. The Labute approximate surface area is 158 Å². The molecule has 1 fully saturated rings. The second-order valence-electron chi connectivity index (χ2n) is 7.68. The maximum atomic E-state index is 13.8. The number of benzene rings is 2. The topological polar surface area (TPSA) is 58.2 Å². The number of carbonyl (C=O) groups is 2. The van der Waals surface area contributed by atoms with Gasteiger partial charge in [-0.1, -0.05) is 31.2 Å². The minimum Gasteiger partial charge on any atom is -0.349 e. The van der Waals surface area contributed by atoms with Crippen molar-refractivity contribution in [2.45, 2.75) is 38.6 Å². The van der Waals surface area contributed by atoms with Crippen molar-refractivity contribution in [3.8, 4) is 0 Å². The van der Waals surface area contributed by atoms with Crippen molar-refractivity contribution in [1.29, 1.82) is 0 Å². The third-order valence-electron chi connectivity index (χ3n) is 5.61. The molecule has 27 heavy (non-hydrogen) atoms. The molecule has 0 bridgehead atoms. The van der Waals surface area contributed by atoms with Crippen molar-refractivity contribution in [1.82, 2.24) is 5.32 Å². The fourth-order valence-electron chi connectivity index (χ4n) is 3.81. The van der Waals surface area contributed by atoms with Crippen LogP contribution < -0.4 is 10.6 Å². The average Bonchev–Trinajstić information content (AvgIpc) is 3.40. The first-order valence-electron chi connectivity index (χ1n) is 9.49. The molecular weight excluding hydrogens is 343 g/mol.